The van der Waals surface area contributed by atoms with Gasteiger partial charge < -0.3 is 16.4 Å². The number of aromatic nitrogens is 4. The summed E-state index contributed by atoms with van der Waals surface area (Å²) in [6.45, 7) is 0.974. The fraction of sp³-hybridized carbons (Fsp3) is 0.258. The first-order valence-corrected chi connectivity index (χ1v) is 15.7. The van der Waals surface area contributed by atoms with Crippen molar-refractivity contribution in [2.24, 2.45) is 5.73 Å². The van der Waals surface area contributed by atoms with Gasteiger partial charge in [-0.25, -0.2) is 23.4 Å². The third kappa shape index (κ3) is 6.09. The zero-order chi connectivity index (χ0) is 28.2. The second kappa shape index (κ2) is 12.9. The van der Waals surface area contributed by atoms with Gasteiger partial charge in [-0.05, 0) is 73.4 Å². The molecule has 7 rings (SSSR count). The van der Waals surface area contributed by atoms with E-state index in [-0.39, 0.29) is 54.3 Å². The van der Waals surface area contributed by atoms with Gasteiger partial charge in [-0.1, -0.05) is 24.3 Å². The van der Waals surface area contributed by atoms with Gasteiger partial charge in [0.2, 0.25) is 0 Å². The lowest BCUT2D eigenvalue weighted by Gasteiger charge is -2.38. The molecule has 1 aliphatic heterocycles. The Kier molecular flexibility index (Phi) is 9.82. The second-order valence-electron chi connectivity index (χ2n) is 11.0. The van der Waals surface area contributed by atoms with E-state index in [0.717, 1.165) is 58.5 Å². The predicted molar refractivity (Wildman–Crippen MR) is 184 cm³/mol. The van der Waals surface area contributed by atoms with Gasteiger partial charge in [0, 0.05) is 41.8 Å². The first-order valence-electron chi connectivity index (χ1n) is 13.9. The Balaban J connectivity index is 0.00000147. The van der Waals surface area contributed by atoms with E-state index in [9.17, 15) is 8.42 Å². The van der Waals surface area contributed by atoms with E-state index in [1.807, 2.05) is 47.0 Å². The summed E-state index contributed by atoms with van der Waals surface area (Å²) in [5.41, 5.74) is 19.6. The maximum Gasteiger partial charge on any atom is 0.165 e. The number of imidazole rings is 1. The molecule has 4 N–H and O–H groups in total. The SMILES string of the molecule is Cl.Cl.Cl.Nc1ncccc1-c1nc2ccc(-c3cccc(N4CCS(=O)(=O)CC4)c3)nc2n1-c1ccc(C2(N)CCC2)cc1. The Labute approximate surface area is 275 Å². The van der Waals surface area contributed by atoms with Crippen LogP contribution in [-0.4, -0.2) is 52.5 Å². The number of benzene rings is 2. The molecule has 0 atom stereocenters. The van der Waals surface area contributed by atoms with Crippen molar-refractivity contribution >= 4 is 69.7 Å². The molecular weight excluding hydrogens is 641 g/mol. The van der Waals surface area contributed by atoms with Crippen molar-refractivity contribution in [3.63, 3.8) is 0 Å². The van der Waals surface area contributed by atoms with Crippen molar-refractivity contribution in [3.8, 4) is 28.3 Å². The molecule has 9 nitrogen and oxygen atoms in total. The molecule has 0 unspecified atom stereocenters. The lowest BCUT2D eigenvalue weighted by atomic mass is 9.73. The minimum atomic E-state index is -2.96. The number of halogens is 3. The summed E-state index contributed by atoms with van der Waals surface area (Å²) in [7, 11) is -2.96. The van der Waals surface area contributed by atoms with Crippen LogP contribution in [0.4, 0.5) is 11.5 Å². The maximum absolute atomic E-state index is 11.9. The maximum atomic E-state index is 11.9. The topological polar surface area (TPSA) is 133 Å². The number of nitrogens with zero attached hydrogens (tertiary/aromatic N) is 5. The van der Waals surface area contributed by atoms with E-state index in [0.29, 0.717) is 30.4 Å². The molecule has 1 saturated carbocycles. The molecule has 2 aromatic carbocycles. The normalized spacial score (nSPS) is 16.6. The summed E-state index contributed by atoms with van der Waals surface area (Å²) in [4.78, 5) is 16.5. The fourth-order valence-corrected chi connectivity index (χ4v) is 6.97. The van der Waals surface area contributed by atoms with E-state index in [2.05, 4.69) is 40.2 Å². The van der Waals surface area contributed by atoms with Gasteiger partial charge in [-0.15, -0.1) is 37.2 Å². The van der Waals surface area contributed by atoms with Crippen LogP contribution in [0.3, 0.4) is 0 Å². The van der Waals surface area contributed by atoms with Crippen LogP contribution in [0.25, 0.3) is 39.5 Å². The van der Waals surface area contributed by atoms with Crippen molar-refractivity contribution in [2.75, 3.05) is 35.2 Å². The van der Waals surface area contributed by atoms with Crippen LogP contribution in [0.5, 0.6) is 0 Å². The van der Waals surface area contributed by atoms with Crippen LogP contribution in [0.1, 0.15) is 24.8 Å². The molecule has 0 spiro atoms. The summed E-state index contributed by atoms with van der Waals surface area (Å²) < 4.78 is 25.9. The Morgan fingerprint density at radius 3 is 2.20 bits per heavy atom. The van der Waals surface area contributed by atoms with E-state index in [1.54, 1.807) is 6.20 Å². The van der Waals surface area contributed by atoms with Crippen molar-refractivity contribution in [2.45, 2.75) is 24.8 Å². The average molecular weight is 675 g/mol. The molecule has 2 fully saturated rings. The second-order valence-corrected chi connectivity index (χ2v) is 13.3. The number of sulfone groups is 1. The number of rotatable bonds is 5. The number of hydrogen-bond acceptors (Lipinski definition) is 8. The molecule has 0 radical (unpaired) electrons. The number of nitrogen functional groups attached to an aromatic ring is 1. The smallest absolute Gasteiger partial charge is 0.165 e. The number of anilines is 2. The quantitative estimate of drug-likeness (QED) is 0.247. The highest BCUT2D eigenvalue weighted by atomic mass is 35.5. The summed E-state index contributed by atoms with van der Waals surface area (Å²) in [6, 6.07) is 24.1. The lowest BCUT2D eigenvalue weighted by Crippen LogP contribution is -2.43. The van der Waals surface area contributed by atoms with Crippen LogP contribution >= 0.6 is 37.2 Å². The van der Waals surface area contributed by atoms with Gasteiger partial charge in [0.15, 0.2) is 21.3 Å². The van der Waals surface area contributed by atoms with Crippen molar-refractivity contribution in [3.05, 3.63) is 84.6 Å². The molecule has 4 heterocycles. The minimum Gasteiger partial charge on any atom is -0.383 e. The van der Waals surface area contributed by atoms with E-state index >= 15 is 0 Å². The molecule has 44 heavy (non-hydrogen) atoms. The van der Waals surface area contributed by atoms with Gasteiger partial charge in [0.05, 0.1) is 22.8 Å². The summed E-state index contributed by atoms with van der Waals surface area (Å²) >= 11 is 0. The third-order valence-electron chi connectivity index (χ3n) is 8.38. The van der Waals surface area contributed by atoms with Crippen LogP contribution in [0, 0.1) is 0 Å². The van der Waals surface area contributed by atoms with Gasteiger partial charge in [0.1, 0.15) is 11.3 Å². The van der Waals surface area contributed by atoms with Crippen molar-refractivity contribution in [1.82, 2.24) is 19.5 Å². The number of pyridine rings is 2. The summed E-state index contributed by atoms with van der Waals surface area (Å²) in [5, 5.41) is 0. The monoisotopic (exact) mass is 673 g/mol. The highest BCUT2D eigenvalue weighted by molar-refractivity contribution is 7.91. The standard InChI is InChI=1S/C31H31N7O2S.3ClH/c32-28-25(6-2-15-34-28)29-36-27-12-11-26(21-4-1-5-24(20-21)37-16-18-41(39,40)19-17-37)35-30(27)38(29)23-9-7-22(8-10-23)31(33)13-3-14-31;;;/h1-2,4-12,15,20H,3,13-14,16-19,33H2,(H2,32,34);3*1H. The van der Waals surface area contributed by atoms with Gasteiger partial charge >= 0.3 is 0 Å². The Hall–Kier alpha value is -3.41. The summed E-state index contributed by atoms with van der Waals surface area (Å²) in [6.07, 6.45) is 4.81. The van der Waals surface area contributed by atoms with E-state index in [1.165, 1.54) is 0 Å². The van der Waals surface area contributed by atoms with Crippen molar-refractivity contribution in [1.29, 1.82) is 0 Å². The van der Waals surface area contributed by atoms with Crippen LogP contribution < -0.4 is 16.4 Å². The van der Waals surface area contributed by atoms with Gasteiger partial charge in [0.25, 0.3) is 0 Å². The largest absolute Gasteiger partial charge is 0.383 e. The Morgan fingerprint density at radius 2 is 1.55 bits per heavy atom. The highest BCUT2D eigenvalue weighted by Crippen LogP contribution is 2.39. The molecule has 2 aliphatic rings. The van der Waals surface area contributed by atoms with Crippen LogP contribution in [-0.2, 0) is 15.4 Å². The molecule has 3 aromatic heterocycles. The first kappa shape index (κ1) is 33.5. The van der Waals surface area contributed by atoms with Crippen molar-refractivity contribution < 1.29 is 8.42 Å². The number of hydrogen-bond donors (Lipinski definition) is 2. The molecule has 1 saturated heterocycles. The van der Waals surface area contributed by atoms with Gasteiger partial charge in [-0.2, -0.15) is 0 Å². The number of nitrogens with two attached hydrogens (primary N) is 2. The molecule has 5 aromatic rings. The fourth-order valence-electron chi connectivity index (χ4n) is 5.77. The highest BCUT2D eigenvalue weighted by Gasteiger charge is 2.34. The molecule has 232 valence electrons. The third-order valence-corrected chi connectivity index (χ3v) is 9.99. The van der Waals surface area contributed by atoms with E-state index in [4.69, 9.17) is 21.4 Å². The molecule has 13 heteroatoms. The number of fused-ring (bicyclic) bond motifs is 1. The first-order chi connectivity index (χ1) is 19.8. The molecule has 0 amide bonds. The van der Waals surface area contributed by atoms with Crippen LogP contribution in [0.2, 0.25) is 0 Å². The summed E-state index contributed by atoms with van der Waals surface area (Å²) in [5.74, 6) is 1.40. The van der Waals surface area contributed by atoms with Crippen LogP contribution in [0.15, 0.2) is 79.0 Å². The van der Waals surface area contributed by atoms with E-state index < -0.39 is 9.84 Å². The molecule has 1 aliphatic carbocycles. The Bertz CT molecular complexity index is 1880. The molecular formula is C31H34Cl3N7O2S. The molecule has 0 bridgehead atoms. The lowest BCUT2D eigenvalue weighted by molar-refractivity contribution is 0.253. The zero-order valence-corrected chi connectivity index (χ0v) is 27.1. The predicted octanol–water partition coefficient (Wildman–Crippen LogP) is 5.57. The zero-order valence-electron chi connectivity index (χ0n) is 23.8. The average Bonchev–Trinajstić information content (AvgIpc) is 3.35. The minimum absolute atomic E-state index is 0. The Morgan fingerprint density at radius 1 is 0.818 bits per heavy atom. The van der Waals surface area contributed by atoms with Gasteiger partial charge in [-0.3, -0.25) is 4.57 Å².